The van der Waals surface area contributed by atoms with Gasteiger partial charge in [0.2, 0.25) is 0 Å². The Hall–Kier alpha value is -3.20. The summed E-state index contributed by atoms with van der Waals surface area (Å²) < 4.78 is 0. The summed E-state index contributed by atoms with van der Waals surface area (Å²) in [5.41, 5.74) is 1.34. The maximum atomic E-state index is 9.41. The van der Waals surface area contributed by atoms with Crippen molar-refractivity contribution in [2.24, 2.45) is 0 Å². The number of hydrogen-bond acceptors (Lipinski definition) is 1. The Bertz CT molecular complexity index is 1030. The van der Waals surface area contributed by atoms with Gasteiger partial charge in [0.15, 0.2) is 0 Å². The Balaban J connectivity index is 2.13. The van der Waals surface area contributed by atoms with E-state index in [1.807, 2.05) is 0 Å². The molecule has 0 bridgehead atoms. The summed E-state index contributed by atoms with van der Waals surface area (Å²) in [4.78, 5) is 0. The predicted molar refractivity (Wildman–Crippen MR) is 135 cm³/mol. The van der Waals surface area contributed by atoms with Gasteiger partial charge in [0.1, 0.15) is 0 Å². The minimum atomic E-state index is -2.93. The van der Waals surface area contributed by atoms with Crippen molar-refractivity contribution in [1.82, 2.24) is 0 Å². The van der Waals surface area contributed by atoms with Crippen LogP contribution in [0.15, 0.2) is 121 Å². The van der Waals surface area contributed by atoms with Crippen LogP contribution in [0.3, 0.4) is 0 Å². The van der Waals surface area contributed by atoms with Crippen molar-refractivity contribution in [3.8, 4) is 6.07 Å². The van der Waals surface area contributed by atoms with Gasteiger partial charge in [0.05, 0.1) is 0 Å². The molecule has 0 spiro atoms. The van der Waals surface area contributed by atoms with Crippen molar-refractivity contribution in [3.63, 3.8) is 0 Å². The summed E-state index contributed by atoms with van der Waals surface area (Å²) in [6, 6.07) is 46.4. The Morgan fingerprint density at radius 2 is 0.935 bits per heavy atom. The average molecular weight is 422 g/mol. The number of benzene rings is 4. The summed E-state index contributed by atoms with van der Waals surface area (Å²) in [5.74, 6) is 0. The van der Waals surface area contributed by atoms with Crippen molar-refractivity contribution in [3.05, 3.63) is 127 Å². The zero-order valence-electron chi connectivity index (χ0n) is 17.8. The molecule has 0 fully saturated rings. The molecule has 0 saturated carbocycles. The second-order valence-corrected chi connectivity index (χ2v) is 13.5. The topological polar surface area (TPSA) is 23.8 Å². The van der Waals surface area contributed by atoms with Crippen LogP contribution in [0.1, 0.15) is 18.4 Å². The molecule has 0 aromatic heterocycles. The fraction of sp³-hybridized carbons (Fsp3) is 0.138. The van der Waals surface area contributed by atoms with Crippen LogP contribution in [0.25, 0.3) is 0 Å². The Morgan fingerprint density at radius 1 is 0.548 bits per heavy atom. The van der Waals surface area contributed by atoms with Crippen LogP contribution in [-0.4, -0.2) is 6.16 Å². The first-order valence-corrected chi connectivity index (χ1v) is 13.5. The number of hydrogen-bond donors (Lipinski definition) is 0. The predicted octanol–water partition coefficient (Wildman–Crippen LogP) is 6.02. The number of rotatable bonds is 8. The molecule has 4 rings (SSSR count). The van der Waals surface area contributed by atoms with E-state index >= 15 is 0 Å². The summed E-state index contributed by atoms with van der Waals surface area (Å²) in [6.07, 6.45) is 3.38. The van der Waals surface area contributed by atoms with E-state index in [0.717, 1.165) is 18.7 Å². The molecule has 154 valence electrons. The van der Waals surface area contributed by atoms with Crippen LogP contribution < -0.4 is 15.9 Å². The molecule has 0 saturated heterocycles. The molecule has 0 aliphatic rings. The quantitative estimate of drug-likeness (QED) is 0.252. The van der Waals surface area contributed by atoms with E-state index in [9.17, 15) is 5.26 Å². The van der Waals surface area contributed by atoms with Gasteiger partial charge in [-0.05, 0) is 0 Å². The molecule has 0 aliphatic heterocycles. The zero-order valence-corrected chi connectivity index (χ0v) is 18.7. The van der Waals surface area contributed by atoms with Crippen LogP contribution in [-0.2, 0) is 6.16 Å². The molecular weight excluding hydrogens is 393 g/mol. The molecule has 1 nitrogen and oxygen atoms in total. The van der Waals surface area contributed by atoms with Crippen molar-refractivity contribution < 1.29 is 0 Å². The third kappa shape index (κ3) is 3.81. The van der Waals surface area contributed by atoms with Crippen LogP contribution in [0, 0.1) is 11.3 Å². The third-order valence-corrected chi connectivity index (χ3v) is 13.5. The fourth-order valence-corrected chi connectivity index (χ4v) is 12.0. The minimum absolute atomic E-state index is 0.569. The van der Waals surface area contributed by atoms with E-state index in [4.69, 9.17) is 0 Å². The van der Waals surface area contributed by atoms with Crippen molar-refractivity contribution in [1.29, 1.82) is 5.26 Å². The Morgan fingerprint density at radius 3 is 1.32 bits per heavy atom. The van der Waals surface area contributed by atoms with Gasteiger partial charge >= 0.3 is 186 Å². The first-order chi connectivity index (χ1) is 15.3. The summed E-state index contributed by atoms with van der Waals surface area (Å²) >= 11 is 0. The summed E-state index contributed by atoms with van der Waals surface area (Å²) in [7, 11) is 0. The average Bonchev–Trinajstić information content (AvgIpc) is 2.86. The second-order valence-electron chi connectivity index (χ2n) is 8.14. The molecule has 0 unspecified atom stereocenters. The zero-order chi connectivity index (χ0) is 21.4. The molecule has 31 heavy (non-hydrogen) atoms. The number of nitriles is 1. The van der Waals surface area contributed by atoms with Crippen molar-refractivity contribution in [2.45, 2.75) is 19.0 Å². The van der Waals surface area contributed by atoms with Gasteiger partial charge in [0.25, 0.3) is 0 Å². The van der Waals surface area contributed by atoms with E-state index < -0.39 is 6.60 Å². The van der Waals surface area contributed by atoms with Gasteiger partial charge in [-0.15, -0.1) is 0 Å². The SMILES string of the molecule is N#CCCCP(Cc1ccccc1)(c1ccccc1)(c1ccccc1)c1ccccc1. The molecular formula is C29H28NP. The maximum absolute atomic E-state index is 9.41. The third-order valence-electron chi connectivity index (χ3n) is 6.45. The first kappa shape index (κ1) is 21.0. The van der Waals surface area contributed by atoms with E-state index in [-0.39, 0.29) is 0 Å². The summed E-state index contributed by atoms with van der Waals surface area (Å²) in [5, 5.41) is 13.6. The van der Waals surface area contributed by atoms with Crippen LogP contribution in [0.4, 0.5) is 0 Å². The van der Waals surface area contributed by atoms with Crippen molar-refractivity contribution >= 4 is 22.5 Å². The molecule has 0 aliphatic carbocycles. The molecule has 0 amide bonds. The van der Waals surface area contributed by atoms with Crippen LogP contribution >= 0.6 is 6.60 Å². The van der Waals surface area contributed by atoms with E-state index in [1.54, 1.807) is 0 Å². The van der Waals surface area contributed by atoms with Gasteiger partial charge in [-0.3, -0.25) is 0 Å². The summed E-state index contributed by atoms with van der Waals surface area (Å²) in [6.45, 7) is -2.93. The van der Waals surface area contributed by atoms with Gasteiger partial charge < -0.3 is 0 Å². The Kier molecular flexibility index (Phi) is 6.31. The Labute approximate surface area is 185 Å². The second kappa shape index (κ2) is 9.30. The fourth-order valence-electron chi connectivity index (χ4n) is 5.04. The van der Waals surface area contributed by atoms with E-state index in [2.05, 4.69) is 127 Å². The first-order valence-electron chi connectivity index (χ1n) is 10.9. The molecule has 0 atom stereocenters. The normalized spacial score (nSPS) is 12.4. The molecule has 4 aromatic carbocycles. The van der Waals surface area contributed by atoms with Gasteiger partial charge in [-0.25, -0.2) is 0 Å². The van der Waals surface area contributed by atoms with E-state index in [1.165, 1.54) is 21.5 Å². The van der Waals surface area contributed by atoms with Crippen molar-refractivity contribution in [2.75, 3.05) is 6.16 Å². The van der Waals surface area contributed by atoms with E-state index in [0.29, 0.717) is 6.42 Å². The molecule has 0 heterocycles. The molecule has 0 radical (unpaired) electrons. The van der Waals surface area contributed by atoms with Gasteiger partial charge in [-0.2, -0.15) is 0 Å². The molecule has 2 heteroatoms. The number of unbranched alkanes of at least 4 members (excludes halogenated alkanes) is 1. The van der Waals surface area contributed by atoms with Crippen LogP contribution in [0.5, 0.6) is 0 Å². The van der Waals surface area contributed by atoms with Gasteiger partial charge in [-0.1, -0.05) is 0 Å². The van der Waals surface area contributed by atoms with Crippen LogP contribution in [0.2, 0.25) is 0 Å². The number of nitrogens with zero attached hydrogens (tertiary/aromatic N) is 1. The molecule has 4 aromatic rings. The van der Waals surface area contributed by atoms with Gasteiger partial charge in [0, 0.05) is 0 Å². The molecule has 0 N–H and O–H groups in total. The standard InChI is InChI=1S/C29H28NP/c30-23-13-14-24-31(27-17-7-2-8-18-27,28-19-9-3-10-20-28,29-21-11-4-12-22-29)25-26-15-5-1-6-16-26/h1-12,15-22H,13-14,24-25H2. The monoisotopic (exact) mass is 421 g/mol.